The monoisotopic (exact) mass is 292 g/mol. The van der Waals surface area contributed by atoms with E-state index in [2.05, 4.69) is 67.8 Å². The molecular weight excluding hydrogens is 262 g/mol. The summed E-state index contributed by atoms with van der Waals surface area (Å²) in [5.41, 5.74) is 2.24. The molecule has 3 nitrogen and oxygen atoms in total. The highest BCUT2D eigenvalue weighted by molar-refractivity contribution is 5.50. The number of nitrogens with zero attached hydrogens (tertiary/aromatic N) is 1. The number of hydrogen-bond donors (Lipinski definition) is 0. The molecule has 0 fully saturated rings. The van der Waals surface area contributed by atoms with Crippen LogP contribution in [0.5, 0.6) is 11.5 Å². The molecule has 0 saturated heterocycles. The summed E-state index contributed by atoms with van der Waals surface area (Å²) < 4.78 is 13.3. The van der Waals surface area contributed by atoms with Crippen molar-refractivity contribution in [3.63, 3.8) is 0 Å². The van der Waals surface area contributed by atoms with Crippen molar-refractivity contribution in [2.75, 3.05) is 14.1 Å². The Morgan fingerprint density at radius 1 is 0.762 bits per heavy atom. The second kappa shape index (κ2) is 4.91. The first kappa shape index (κ1) is 16.2. The second-order valence-electron chi connectivity index (χ2n) is 8.70. The molecule has 1 aromatic carbocycles. The second-order valence-corrected chi connectivity index (χ2v) is 8.70. The summed E-state index contributed by atoms with van der Waals surface area (Å²) in [6.45, 7) is 14.5. The van der Waals surface area contributed by atoms with Crippen molar-refractivity contribution in [2.45, 2.75) is 65.8 Å². The fourth-order valence-corrected chi connectivity index (χ4v) is 2.76. The van der Waals surface area contributed by atoms with E-state index in [4.69, 9.17) is 9.47 Å². The maximum Gasteiger partial charge on any atom is 0.129 e. The summed E-state index contributed by atoms with van der Waals surface area (Å²) in [4.78, 5) is 0. The topological polar surface area (TPSA) is 18.5 Å². The molecule has 3 heteroatoms. The van der Waals surface area contributed by atoms with E-state index in [9.17, 15) is 0 Å². The van der Waals surface area contributed by atoms with Gasteiger partial charge in [-0.15, -0.1) is 0 Å². The van der Waals surface area contributed by atoms with Crippen molar-refractivity contribution < 1.29 is 14.0 Å². The molecule has 0 unspecified atom stereocenters. The van der Waals surface area contributed by atoms with Crippen LogP contribution in [0.1, 0.15) is 52.7 Å². The number of hydrogen-bond acceptors (Lipinski definition) is 2. The molecule has 1 aliphatic heterocycles. The van der Waals surface area contributed by atoms with Crippen molar-refractivity contribution in [2.24, 2.45) is 0 Å². The van der Waals surface area contributed by atoms with Gasteiger partial charge in [-0.05, 0) is 53.7 Å². The van der Waals surface area contributed by atoms with Crippen LogP contribution in [0.3, 0.4) is 0 Å². The fourth-order valence-electron chi connectivity index (χ4n) is 2.76. The molecule has 0 aromatic heterocycles. The third kappa shape index (κ3) is 4.13. The number of quaternary nitrogens is 1. The van der Waals surface area contributed by atoms with E-state index in [0.717, 1.165) is 29.1 Å². The van der Waals surface area contributed by atoms with Gasteiger partial charge in [-0.1, -0.05) is 0 Å². The van der Waals surface area contributed by atoms with Crippen molar-refractivity contribution >= 4 is 0 Å². The van der Waals surface area contributed by atoms with E-state index >= 15 is 0 Å². The average Bonchev–Trinajstić information content (AvgIpc) is 2.54. The highest BCUT2D eigenvalue weighted by Gasteiger charge is 2.35. The van der Waals surface area contributed by atoms with Gasteiger partial charge in [-0.2, -0.15) is 0 Å². The standard InChI is InChI=1S/C18H30NO2/c1-17(2,3)20-15-9-10-16(21-18(4,5)6)14-12-19(7,8)11-13(14)15/h9-10H,11-12H2,1-8H3/q+1. The summed E-state index contributed by atoms with van der Waals surface area (Å²) in [6, 6.07) is 4.13. The van der Waals surface area contributed by atoms with E-state index in [1.165, 1.54) is 11.1 Å². The molecule has 118 valence electrons. The van der Waals surface area contributed by atoms with Crippen LogP contribution >= 0.6 is 0 Å². The minimum Gasteiger partial charge on any atom is -0.488 e. The molecule has 0 amide bonds. The fraction of sp³-hybridized carbons (Fsp3) is 0.667. The highest BCUT2D eigenvalue weighted by Crippen LogP contribution is 2.41. The molecule has 0 saturated carbocycles. The van der Waals surface area contributed by atoms with Crippen LogP contribution in [0.15, 0.2) is 12.1 Å². The van der Waals surface area contributed by atoms with Gasteiger partial charge in [0, 0.05) is 0 Å². The third-order valence-electron chi connectivity index (χ3n) is 3.35. The molecule has 0 bridgehead atoms. The van der Waals surface area contributed by atoms with Crippen molar-refractivity contribution in [1.29, 1.82) is 0 Å². The SMILES string of the molecule is CC(C)(C)Oc1ccc(OC(C)(C)C)c2c1C[N+](C)(C)C2. The quantitative estimate of drug-likeness (QED) is 0.763. The van der Waals surface area contributed by atoms with Crippen LogP contribution in [0.2, 0.25) is 0 Å². The number of benzene rings is 1. The van der Waals surface area contributed by atoms with Gasteiger partial charge in [-0.25, -0.2) is 0 Å². The lowest BCUT2D eigenvalue weighted by molar-refractivity contribution is -0.910. The number of ether oxygens (including phenoxy) is 2. The van der Waals surface area contributed by atoms with Crippen LogP contribution in [0.4, 0.5) is 0 Å². The molecule has 1 aliphatic rings. The smallest absolute Gasteiger partial charge is 0.129 e. The Morgan fingerprint density at radius 3 is 1.38 bits per heavy atom. The lowest BCUT2D eigenvalue weighted by Crippen LogP contribution is -2.32. The zero-order valence-corrected chi connectivity index (χ0v) is 14.8. The van der Waals surface area contributed by atoms with E-state index in [0.29, 0.717) is 0 Å². The lowest BCUT2D eigenvalue weighted by Gasteiger charge is -2.25. The largest absolute Gasteiger partial charge is 0.488 e. The first-order valence-electron chi connectivity index (χ1n) is 7.71. The Kier molecular flexibility index (Phi) is 3.78. The summed E-state index contributed by atoms with van der Waals surface area (Å²) in [6.07, 6.45) is 0. The van der Waals surface area contributed by atoms with E-state index in [1.54, 1.807) is 0 Å². The van der Waals surface area contributed by atoms with Crippen molar-refractivity contribution in [3.05, 3.63) is 23.3 Å². The van der Waals surface area contributed by atoms with Crippen molar-refractivity contribution in [1.82, 2.24) is 0 Å². The maximum absolute atomic E-state index is 6.16. The van der Waals surface area contributed by atoms with Crippen LogP contribution in [-0.4, -0.2) is 29.8 Å². The Morgan fingerprint density at radius 2 is 1.10 bits per heavy atom. The van der Waals surface area contributed by atoms with E-state index in [-0.39, 0.29) is 11.2 Å². The third-order valence-corrected chi connectivity index (χ3v) is 3.35. The van der Waals surface area contributed by atoms with Gasteiger partial charge in [0.15, 0.2) is 0 Å². The van der Waals surface area contributed by atoms with Gasteiger partial charge in [0.1, 0.15) is 35.8 Å². The molecule has 2 rings (SSSR count). The molecule has 1 aromatic rings. The molecule has 0 spiro atoms. The first-order valence-corrected chi connectivity index (χ1v) is 7.71. The maximum atomic E-state index is 6.16. The molecule has 0 aliphatic carbocycles. The van der Waals surface area contributed by atoms with Gasteiger partial charge < -0.3 is 14.0 Å². The summed E-state index contributed by atoms with van der Waals surface area (Å²) in [5, 5.41) is 0. The predicted octanol–water partition coefficient (Wildman–Crippen LogP) is 4.13. The number of fused-ring (bicyclic) bond motifs is 1. The zero-order chi connectivity index (χ0) is 16.1. The van der Waals surface area contributed by atoms with Gasteiger partial charge in [0.2, 0.25) is 0 Å². The molecular formula is C18H30NO2+. The normalized spacial score (nSPS) is 17.5. The van der Waals surface area contributed by atoms with Crippen LogP contribution in [-0.2, 0) is 13.1 Å². The summed E-state index contributed by atoms with van der Waals surface area (Å²) in [5.74, 6) is 2.00. The van der Waals surface area contributed by atoms with E-state index in [1.807, 2.05) is 0 Å². The van der Waals surface area contributed by atoms with Crippen LogP contribution < -0.4 is 9.47 Å². The predicted molar refractivity (Wildman–Crippen MR) is 86.7 cm³/mol. The molecule has 21 heavy (non-hydrogen) atoms. The minimum atomic E-state index is -0.181. The Bertz CT molecular complexity index is 486. The first-order chi connectivity index (χ1) is 9.36. The molecule has 1 heterocycles. The Hall–Kier alpha value is -1.22. The molecule has 0 N–H and O–H groups in total. The van der Waals surface area contributed by atoms with Crippen LogP contribution in [0, 0.1) is 0 Å². The Labute approximate surface area is 129 Å². The molecule has 0 atom stereocenters. The molecule has 0 radical (unpaired) electrons. The minimum absolute atomic E-state index is 0.181. The summed E-state index contributed by atoms with van der Waals surface area (Å²) in [7, 11) is 4.50. The van der Waals surface area contributed by atoms with Crippen LogP contribution in [0.25, 0.3) is 0 Å². The summed E-state index contributed by atoms with van der Waals surface area (Å²) >= 11 is 0. The highest BCUT2D eigenvalue weighted by atomic mass is 16.5. The zero-order valence-electron chi connectivity index (χ0n) is 14.8. The lowest BCUT2D eigenvalue weighted by atomic mass is 10.1. The van der Waals surface area contributed by atoms with Gasteiger partial charge >= 0.3 is 0 Å². The van der Waals surface area contributed by atoms with Crippen molar-refractivity contribution in [3.8, 4) is 11.5 Å². The van der Waals surface area contributed by atoms with E-state index < -0.39 is 0 Å². The number of rotatable bonds is 2. The Balaban J connectivity index is 2.44. The van der Waals surface area contributed by atoms with Gasteiger partial charge in [-0.3, -0.25) is 0 Å². The van der Waals surface area contributed by atoms with Gasteiger partial charge in [0.05, 0.1) is 25.2 Å². The average molecular weight is 292 g/mol. The van der Waals surface area contributed by atoms with Gasteiger partial charge in [0.25, 0.3) is 0 Å².